The second-order valence-corrected chi connectivity index (χ2v) is 6.24. The number of nitrogens with zero attached hydrogens (tertiary/aromatic N) is 3. The van der Waals surface area contributed by atoms with E-state index in [0.29, 0.717) is 28.9 Å². The van der Waals surface area contributed by atoms with Gasteiger partial charge < -0.3 is 10.6 Å². The summed E-state index contributed by atoms with van der Waals surface area (Å²) in [7, 11) is 0. The Morgan fingerprint density at radius 3 is 2.58 bits per heavy atom. The van der Waals surface area contributed by atoms with Crippen LogP contribution in [0, 0.1) is 13.8 Å². The molecule has 0 fully saturated rings. The zero-order valence-corrected chi connectivity index (χ0v) is 15.2. The molecule has 0 atom stereocenters. The first kappa shape index (κ1) is 17.8. The number of pyridine rings is 1. The summed E-state index contributed by atoms with van der Waals surface area (Å²) in [4.78, 5) is 25.0. The quantitative estimate of drug-likeness (QED) is 0.716. The summed E-state index contributed by atoms with van der Waals surface area (Å²) in [6.45, 7) is 4.10. The highest BCUT2D eigenvalue weighted by molar-refractivity contribution is 6.30. The largest absolute Gasteiger partial charge is 0.347 e. The number of halogens is 1. The molecule has 1 aromatic carbocycles. The van der Waals surface area contributed by atoms with Gasteiger partial charge in [0.25, 0.3) is 5.91 Å². The third-order valence-electron chi connectivity index (χ3n) is 3.72. The lowest BCUT2D eigenvalue weighted by Gasteiger charge is -2.11. The monoisotopic (exact) mass is 367 g/mol. The molecule has 6 nitrogen and oxygen atoms in total. The number of anilines is 2. The highest BCUT2D eigenvalue weighted by Crippen LogP contribution is 2.23. The van der Waals surface area contributed by atoms with Crippen molar-refractivity contribution >= 4 is 29.0 Å². The topological polar surface area (TPSA) is 79.8 Å². The Morgan fingerprint density at radius 1 is 1.08 bits per heavy atom. The fraction of sp³-hybridized carbons (Fsp3) is 0.158. The summed E-state index contributed by atoms with van der Waals surface area (Å²) >= 11 is 5.99. The molecule has 132 valence electrons. The lowest BCUT2D eigenvalue weighted by molar-refractivity contribution is 0.0945. The van der Waals surface area contributed by atoms with Crippen LogP contribution in [0.25, 0.3) is 0 Å². The van der Waals surface area contributed by atoms with Crippen LogP contribution in [0.15, 0.2) is 48.8 Å². The summed E-state index contributed by atoms with van der Waals surface area (Å²) in [5.41, 5.74) is 3.13. The third kappa shape index (κ3) is 4.55. The number of aromatic nitrogens is 3. The molecule has 0 saturated carbocycles. The highest BCUT2D eigenvalue weighted by Gasteiger charge is 2.11. The normalized spacial score (nSPS) is 10.4. The van der Waals surface area contributed by atoms with Gasteiger partial charge in [-0.25, -0.2) is 9.97 Å². The maximum atomic E-state index is 12.4. The van der Waals surface area contributed by atoms with Crippen molar-refractivity contribution in [3.8, 4) is 0 Å². The molecule has 1 amide bonds. The first-order valence-electron chi connectivity index (χ1n) is 8.07. The molecular weight excluding hydrogens is 350 g/mol. The smallest absolute Gasteiger partial charge is 0.270 e. The van der Waals surface area contributed by atoms with Crippen LogP contribution in [0.1, 0.15) is 27.4 Å². The number of aryl methyl sites for hydroxylation is 2. The molecule has 2 aromatic heterocycles. The number of benzene rings is 1. The van der Waals surface area contributed by atoms with Crippen molar-refractivity contribution in [2.45, 2.75) is 20.4 Å². The van der Waals surface area contributed by atoms with E-state index in [0.717, 1.165) is 16.8 Å². The summed E-state index contributed by atoms with van der Waals surface area (Å²) in [5.74, 6) is 0.802. The molecule has 26 heavy (non-hydrogen) atoms. The Bertz CT molecular complexity index is 930. The number of hydrogen-bond acceptors (Lipinski definition) is 5. The van der Waals surface area contributed by atoms with Gasteiger partial charge in [-0.3, -0.25) is 9.78 Å². The fourth-order valence-electron chi connectivity index (χ4n) is 2.43. The van der Waals surface area contributed by atoms with E-state index < -0.39 is 0 Å². The van der Waals surface area contributed by atoms with E-state index in [-0.39, 0.29) is 5.91 Å². The molecule has 2 N–H and O–H groups in total. The second kappa shape index (κ2) is 7.93. The number of carbonyl (C=O) groups is 1. The Kier molecular flexibility index (Phi) is 5.43. The van der Waals surface area contributed by atoms with Crippen molar-refractivity contribution < 1.29 is 4.79 Å². The van der Waals surface area contributed by atoms with Crippen LogP contribution in [0.5, 0.6) is 0 Å². The Labute approximate surface area is 156 Å². The SMILES string of the molecule is Cc1nc(Nc2ccc(Cl)cc2C)cc(C(=O)NCc2ccncc2)n1. The molecule has 0 bridgehead atoms. The summed E-state index contributed by atoms with van der Waals surface area (Å²) in [6.07, 6.45) is 3.37. The molecule has 7 heteroatoms. The summed E-state index contributed by atoms with van der Waals surface area (Å²) < 4.78 is 0. The molecule has 0 unspecified atom stereocenters. The van der Waals surface area contributed by atoms with Crippen LogP contribution in [0.3, 0.4) is 0 Å². The van der Waals surface area contributed by atoms with Crippen LogP contribution < -0.4 is 10.6 Å². The van der Waals surface area contributed by atoms with E-state index in [1.54, 1.807) is 31.5 Å². The molecule has 0 saturated heterocycles. The number of carbonyl (C=O) groups excluding carboxylic acids is 1. The van der Waals surface area contributed by atoms with Crippen LogP contribution >= 0.6 is 11.6 Å². The second-order valence-electron chi connectivity index (χ2n) is 5.81. The van der Waals surface area contributed by atoms with Crippen molar-refractivity contribution in [2.75, 3.05) is 5.32 Å². The van der Waals surface area contributed by atoms with Crippen molar-refractivity contribution in [1.82, 2.24) is 20.3 Å². The standard InChI is InChI=1S/C19H18ClN5O/c1-12-9-15(20)3-4-16(12)25-18-10-17(23-13(2)24-18)19(26)22-11-14-5-7-21-8-6-14/h3-10H,11H2,1-2H3,(H,22,26)(H,23,24,25). The summed E-state index contributed by atoms with van der Waals surface area (Å²) in [6, 6.07) is 10.9. The van der Waals surface area contributed by atoms with Gasteiger partial charge in [-0.05, 0) is 55.3 Å². The average molecular weight is 368 g/mol. The van der Waals surface area contributed by atoms with Crippen molar-refractivity contribution in [2.24, 2.45) is 0 Å². The van der Waals surface area contributed by atoms with Crippen molar-refractivity contribution in [3.05, 3.63) is 76.5 Å². The van der Waals surface area contributed by atoms with E-state index in [9.17, 15) is 4.79 Å². The van der Waals surface area contributed by atoms with Crippen LogP contribution in [0.4, 0.5) is 11.5 Å². The number of hydrogen-bond donors (Lipinski definition) is 2. The van der Waals surface area contributed by atoms with Gasteiger partial charge in [0.05, 0.1) is 0 Å². The van der Waals surface area contributed by atoms with E-state index in [4.69, 9.17) is 11.6 Å². The molecule has 0 radical (unpaired) electrons. The predicted octanol–water partition coefficient (Wildman–Crippen LogP) is 3.82. The lowest BCUT2D eigenvalue weighted by atomic mass is 10.2. The van der Waals surface area contributed by atoms with E-state index >= 15 is 0 Å². The molecule has 0 aliphatic rings. The van der Waals surface area contributed by atoms with Crippen LogP contribution in [-0.4, -0.2) is 20.9 Å². The number of rotatable bonds is 5. The Morgan fingerprint density at radius 2 is 1.85 bits per heavy atom. The Balaban J connectivity index is 1.75. The molecule has 0 aliphatic carbocycles. The predicted molar refractivity (Wildman–Crippen MR) is 102 cm³/mol. The van der Waals surface area contributed by atoms with Crippen molar-refractivity contribution in [3.63, 3.8) is 0 Å². The highest BCUT2D eigenvalue weighted by atomic mass is 35.5. The molecule has 3 aromatic rings. The van der Waals surface area contributed by atoms with Gasteiger partial charge in [-0.15, -0.1) is 0 Å². The van der Waals surface area contributed by atoms with Gasteiger partial charge in [0.2, 0.25) is 0 Å². The van der Waals surface area contributed by atoms with Gasteiger partial charge in [0.1, 0.15) is 17.3 Å². The molecule has 0 spiro atoms. The summed E-state index contributed by atoms with van der Waals surface area (Å²) in [5, 5.41) is 6.73. The minimum atomic E-state index is -0.261. The maximum absolute atomic E-state index is 12.4. The average Bonchev–Trinajstić information content (AvgIpc) is 2.62. The van der Waals surface area contributed by atoms with Gasteiger partial charge in [0, 0.05) is 35.7 Å². The van der Waals surface area contributed by atoms with E-state index in [1.807, 2.05) is 31.2 Å². The first-order chi connectivity index (χ1) is 12.5. The molecule has 3 rings (SSSR count). The van der Waals surface area contributed by atoms with E-state index in [2.05, 4.69) is 25.6 Å². The molecular formula is C19H18ClN5O. The number of nitrogens with one attached hydrogen (secondary N) is 2. The van der Waals surface area contributed by atoms with Crippen LogP contribution in [0.2, 0.25) is 5.02 Å². The fourth-order valence-corrected chi connectivity index (χ4v) is 2.65. The van der Waals surface area contributed by atoms with E-state index in [1.165, 1.54) is 0 Å². The third-order valence-corrected chi connectivity index (χ3v) is 3.96. The molecule has 2 heterocycles. The van der Waals surface area contributed by atoms with Gasteiger partial charge in [-0.1, -0.05) is 11.6 Å². The van der Waals surface area contributed by atoms with Gasteiger partial charge >= 0.3 is 0 Å². The van der Waals surface area contributed by atoms with Crippen molar-refractivity contribution in [1.29, 1.82) is 0 Å². The van der Waals surface area contributed by atoms with Gasteiger partial charge in [-0.2, -0.15) is 0 Å². The zero-order chi connectivity index (χ0) is 18.5. The molecule has 0 aliphatic heterocycles. The number of amides is 1. The first-order valence-corrected chi connectivity index (χ1v) is 8.45. The zero-order valence-electron chi connectivity index (χ0n) is 14.5. The minimum Gasteiger partial charge on any atom is -0.347 e. The maximum Gasteiger partial charge on any atom is 0.270 e. The minimum absolute atomic E-state index is 0.261. The van der Waals surface area contributed by atoms with Gasteiger partial charge in [0.15, 0.2) is 0 Å². The van der Waals surface area contributed by atoms with Crippen LogP contribution in [-0.2, 0) is 6.54 Å². The Hall–Kier alpha value is -2.99. The lowest BCUT2D eigenvalue weighted by Crippen LogP contribution is -2.24.